The number of amides is 1. The molecule has 1 aromatic heterocycles. The van der Waals surface area contributed by atoms with Gasteiger partial charge in [0, 0.05) is 19.3 Å². The van der Waals surface area contributed by atoms with E-state index in [1.165, 1.54) is 18.0 Å². The Morgan fingerprint density at radius 3 is 3.00 bits per heavy atom. The number of hydrogen-bond donors (Lipinski definition) is 1. The van der Waals surface area contributed by atoms with E-state index in [0.29, 0.717) is 18.7 Å². The van der Waals surface area contributed by atoms with Gasteiger partial charge in [-0.25, -0.2) is 0 Å². The third kappa shape index (κ3) is 2.05. The van der Waals surface area contributed by atoms with Crippen molar-refractivity contribution in [2.24, 2.45) is 0 Å². The third-order valence-corrected chi connectivity index (χ3v) is 2.75. The van der Waals surface area contributed by atoms with Crippen LogP contribution in [0.1, 0.15) is 23.7 Å². The van der Waals surface area contributed by atoms with Crippen LogP contribution in [-0.2, 0) is 0 Å². The van der Waals surface area contributed by atoms with E-state index in [1.807, 2.05) is 6.08 Å². The molecule has 0 aliphatic carbocycles. The minimum atomic E-state index is -0.136. The highest BCUT2D eigenvalue weighted by Gasteiger charge is 2.19. The molecule has 0 saturated heterocycles. The third-order valence-electron chi connectivity index (χ3n) is 2.75. The molecule has 2 rings (SSSR count). The summed E-state index contributed by atoms with van der Waals surface area (Å²) in [5, 5.41) is 9.54. The topological polar surface area (TPSA) is 53.4 Å². The Kier molecular flexibility index (Phi) is 2.90. The molecule has 0 aromatic carbocycles. The van der Waals surface area contributed by atoms with Gasteiger partial charge in [0.05, 0.1) is 11.8 Å². The number of carbonyl (C=O) groups is 1. The molecule has 1 aliphatic rings. The number of pyridine rings is 1. The van der Waals surface area contributed by atoms with E-state index in [-0.39, 0.29) is 11.7 Å². The SMILES string of the molecule is CC1=CCN(C(=O)c2ccncc2O)CC1. The lowest BCUT2D eigenvalue weighted by molar-refractivity contribution is 0.0766. The number of nitrogens with zero attached hydrogens (tertiary/aromatic N) is 2. The highest BCUT2D eigenvalue weighted by atomic mass is 16.3. The molecule has 0 unspecified atom stereocenters. The first-order valence-electron chi connectivity index (χ1n) is 5.26. The summed E-state index contributed by atoms with van der Waals surface area (Å²) in [7, 11) is 0. The molecule has 0 spiro atoms. The lowest BCUT2D eigenvalue weighted by Gasteiger charge is -2.25. The summed E-state index contributed by atoms with van der Waals surface area (Å²) < 4.78 is 0. The molecule has 4 nitrogen and oxygen atoms in total. The maximum atomic E-state index is 12.0. The Morgan fingerprint density at radius 2 is 2.38 bits per heavy atom. The first-order valence-corrected chi connectivity index (χ1v) is 5.26. The van der Waals surface area contributed by atoms with Gasteiger partial charge in [0.15, 0.2) is 0 Å². The molecule has 0 saturated carbocycles. The van der Waals surface area contributed by atoms with Crippen molar-refractivity contribution < 1.29 is 9.90 Å². The standard InChI is InChI=1S/C12H14N2O2/c1-9-3-6-14(7-4-9)12(16)10-2-5-13-8-11(10)15/h2-3,5,8,15H,4,6-7H2,1H3. The van der Waals surface area contributed by atoms with Gasteiger partial charge in [-0.15, -0.1) is 0 Å². The second kappa shape index (κ2) is 4.35. The number of rotatable bonds is 1. The van der Waals surface area contributed by atoms with Crippen LogP contribution >= 0.6 is 0 Å². The summed E-state index contributed by atoms with van der Waals surface area (Å²) in [4.78, 5) is 17.5. The fourth-order valence-electron chi connectivity index (χ4n) is 1.69. The van der Waals surface area contributed by atoms with Gasteiger partial charge in [-0.3, -0.25) is 9.78 Å². The number of aromatic hydroxyl groups is 1. The number of hydrogen-bond acceptors (Lipinski definition) is 3. The van der Waals surface area contributed by atoms with Crippen LogP contribution in [-0.4, -0.2) is 34.0 Å². The van der Waals surface area contributed by atoms with Crippen LogP contribution in [0.3, 0.4) is 0 Å². The van der Waals surface area contributed by atoms with Crippen molar-refractivity contribution in [1.29, 1.82) is 0 Å². The Bertz CT molecular complexity index is 440. The van der Waals surface area contributed by atoms with E-state index in [1.54, 1.807) is 11.0 Å². The van der Waals surface area contributed by atoms with E-state index in [2.05, 4.69) is 11.9 Å². The van der Waals surface area contributed by atoms with Crippen molar-refractivity contribution >= 4 is 5.91 Å². The van der Waals surface area contributed by atoms with Gasteiger partial charge in [-0.2, -0.15) is 0 Å². The highest BCUT2D eigenvalue weighted by Crippen LogP contribution is 2.19. The quantitative estimate of drug-likeness (QED) is 0.728. The molecule has 0 atom stereocenters. The van der Waals surface area contributed by atoms with Crippen LogP contribution in [0.25, 0.3) is 0 Å². The second-order valence-electron chi connectivity index (χ2n) is 3.94. The first-order chi connectivity index (χ1) is 7.68. The van der Waals surface area contributed by atoms with Crippen molar-refractivity contribution in [2.45, 2.75) is 13.3 Å². The van der Waals surface area contributed by atoms with Crippen LogP contribution in [0.2, 0.25) is 0 Å². The lowest BCUT2D eigenvalue weighted by atomic mass is 10.1. The van der Waals surface area contributed by atoms with Gasteiger partial charge >= 0.3 is 0 Å². The van der Waals surface area contributed by atoms with E-state index >= 15 is 0 Å². The summed E-state index contributed by atoms with van der Waals surface area (Å²) in [5.41, 5.74) is 1.63. The minimum absolute atomic E-state index is 0.0567. The predicted molar refractivity (Wildman–Crippen MR) is 60.2 cm³/mol. The zero-order chi connectivity index (χ0) is 11.5. The normalized spacial score (nSPS) is 15.8. The molecule has 0 radical (unpaired) electrons. The summed E-state index contributed by atoms with van der Waals surface area (Å²) in [6.45, 7) is 3.39. The smallest absolute Gasteiger partial charge is 0.258 e. The van der Waals surface area contributed by atoms with Gasteiger partial charge in [-0.05, 0) is 19.4 Å². The van der Waals surface area contributed by atoms with Gasteiger partial charge in [0.25, 0.3) is 5.91 Å². The van der Waals surface area contributed by atoms with Crippen LogP contribution < -0.4 is 0 Å². The summed E-state index contributed by atoms with van der Waals surface area (Å²) in [6.07, 6.45) is 5.74. The fourth-order valence-corrected chi connectivity index (χ4v) is 1.69. The molecule has 0 fully saturated rings. The summed E-state index contributed by atoms with van der Waals surface area (Å²) in [5.74, 6) is -0.192. The molecule has 16 heavy (non-hydrogen) atoms. The van der Waals surface area contributed by atoms with Crippen molar-refractivity contribution in [3.05, 3.63) is 35.7 Å². The largest absolute Gasteiger partial charge is 0.505 e. The maximum absolute atomic E-state index is 12.0. The van der Waals surface area contributed by atoms with Gasteiger partial charge in [0.1, 0.15) is 5.75 Å². The molecule has 2 heterocycles. The molecular weight excluding hydrogens is 204 g/mol. The average molecular weight is 218 g/mol. The van der Waals surface area contributed by atoms with Crippen LogP contribution in [0, 0.1) is 0 Å². The fraction of sp³-hybridized carbons (Fsp3) is 0.333. The Hall–Kier alpha value is -1.84. The Balaban J connectivity index is 2.18. The van der Waals surface area contributed by atoms with Crippen LogP contribution in [0.15, 0.2) is 30.1 Å². The van der Waals surface area contributed by atoms with Crippen molar-refractivity contribution in [1.82, 2.24) is 9.88 Å². The number of carbonyl (C=O) groups excluding carboxylic acids is 1. The summed E-state index contributed by atoms with van der Waals surface area (Å²) in [6, 6.07) is 1.54. The second-order valence-corrected chi connectivity index (χ2v) is 3.94. The zero-order valence-corrected chi connectivity index (χ0v) is 9.18. The maximum Gasteiger partial charge on any atom is 0.258 e. The van der Waals surface area contributed by atoms with Crippen molar-refractivity contribution in [3.63, 3.8) is 0 Å². The van der Waals surface area contributed by atoms with Gasteiger partial charge in [0.2, 0.25) is 0 Å². The van der Waals surface area contributed by atoms with E-state index in [0.717, 1.165) is 6.42 Å². The molecule has 84 valence electrons. The highest BCUT2D eigenvalue weighted by molar-refractivity contribution is 5.96. The molecule has 1 aromatic rings. The first kappa shape index (κ1) is 10.7. The monoisotopic (exact) mass is 218 g/mol. The average Bonchev–Trinajstić information content (AvgIpc) is 2.30. The molecule has 1 N–H and O–H groups in total. The molecule has 4 heteroatoms. The molecule has 0 bridgehead atoms. The van der Waals surface area contributed by atoms with Crippen molar-refractivity contribution in [3.8, 4) is 5.75 Å². The van der Waals surface area contributed by atoms with Crippen LogP contribution in [0.5, 0.6) is 5.75 Å². The Labute approximate surface area is 94.2 Å². The minimum Gasteiger partial charge on any atom is -0.505 e. The van der Waals surface area contributed by atoms with E-state index < -0.39 is 0 Å². The van der Waals surface area contributed by atoms with Gasteiger partial charge < -0.3 is 10.0 Å². The summed E-state index contributed by atoms with van der Waals surface area (Å²) >= 11 is 0. The zero-order valence-electron chi connectivity index (χ0n) is 9.18. The van der Waals surface area contributed by atoms with E-state index in [4.69, 9.17) is 0 Å². The molecular formula is C12H14N2O2. The number of aromatic nitrogens is 1. The predicted octanol–water partition coefficient (Wildman–Crippen LogP) is 1.58. The lowest BCUT2D eigenvalue weighted by Crippen LogP contribution is -2.34. The Morgan fingerprint density at radius 1 is 1.56 bits per heavy atom. The molecule has 1 aliphatic heterocycles. The van der Waals surface area contributed by atoms with Gasteiger partial charge in [-0.1, -0.05) is 11.6 Å². The van der Waals surface area contributed by atoms with Crippen LogP contribution in [0.4, 0.5) is 0 Å². The molecule has 1 amide bonds. The van der Waals surface area contributed by atoms with E-state index in [9.17, 15) is 9.90 Å². The van der Waals surface area contributed by atoms with Crippen molar-refractivity contribution in [2.75, 3.05) is 13.1 Å².